The fraction of sp³-hybridized carbons (Fsp3) is 0. The molecule has 0 bridgehead atoms. The number of carboxylic acid groups (broad SMARTS) is 1. The Kier molecular flexibility index (Phi) is 2.51. The van der Waals surface area contributed by atoms with E-state index in [4.69, 9.17) is 5.11 Å². The van der Waals surface area contributed by atoms with Gasteiger partial charge in [0.2, 0.25) is 5.56 Å². The fourth-order valence-electron chi connectivity index (χ4n) is 1.46. The van der Waals surface area contributed by atoms with Crippen LogP contribution in [0.15, 0.2) is 27.5 Å². The van der Waals surface area contributed by atoms with E-state index in [0.717, 1.165) is 18.2 Å². The van der Waals surface area contributed by atoms with Crippen molar-refractivity contribution in [1.29, 1.82) is 0 Å². The number of H-pyrrole nitrogens is 1. The first-order valence-electron chi connectivity index (χ1n) is 4.24. The first kappa shape index (κ1) is 10.8. The van der Waals surface area contributed by atoms with Gasteiger partial charge in [-0.15, -0.1) is 0 Å². The van der Waals surface area contributed by atoms with Gasteiger partial charge in [0.15, 0.2) is 0 Å². The van der Waals surface area contributed by atoms with E-state index in [9.17, 15) is 14.0 Å². The van der Waals surface area contributed by atoms with Crippen LogP contribution < -0.4 is 5.56 Å². The molecule has 0 saturated heterocycles. The molecule has 4 nitrogen and oxygen atoms in total. The van der Waals surface area contributed by atoms with Gasteiger partial charge in [0.1, 0.15) is 5.82 Å². The standard InChI is InChI=1S/C10H5BrFNO3/c11-7-2-4(12)1-5-6(10(15)16)3-8(14)13-9(5)7/h1-3H,(H,13,14)(H,15,16). The molecule has 0 saturated carbocycles. The van der Waals surface area contributed by atoms with Gasteiger partial charge in [0, 0.05) is 15.9 Å². The summed E-state index contributed by atoms with van der Waals surface area (Å²) >= 11 is 3.06. The summed E-state index contributed by atoms with van der Waals surface area (Å²) in [5, 5.41) is 9.05. The fourth-order valence-corrected chi connectivity index (χ4v) is 1.99. The summed E-state index contributed by atoms with van der Waals surface area (Å²) < 4.78 is 13.4. The van der Waals surface area contributed by atoms with Gasteiger partial charge in [0.05, 0.1) is 11.1 Å². The number of aromatic carboxylic acids is 1. The zero-order chi connectivity index (χ0) is 11.9. The Morgan fingerprint density at radius 2 is 2.06 bits per heavy atom. The van der Waals surface area contributed by atoms with E-state index in [1.807, 2.05) is 0 Å². The highest BCUT2D eigenvalue weighted by atomic mass is 79.9. The van der Waals surface area contributed by atoms with Crippen LogP contribution in [0.5, 0.6) is 0 Å². The van der Waals surface area contributed by atoms with Crippen molar-refractivity contribution in [2.75, 3.05) is 0 Å². The molecule has 2 aromatic rings. The third kappa shape index (κ3) is 1.71. The van der Waals surface area contributed by atoms with E-state index in [2.05, 4.69) is 20.9 Å². The van der Waals surface area contributed by atoms with Gasteiger partial charge < -0.3 is 10.1 Å². The lowest BCUT2D eigenvalue weighted by Crippen LogP contribution is -2.10. The molecule has 1 aromatic carbocycles. The van der Waals surface area contributed by atoms with E-state index in [0.29, 0.717) is 4.47 Å². The summed E-state index contributed by atoms with van der Waals surface area (Å²) in [4.78, 5) is 24.6. The molecule has 0 amide bonds. The number of hydrogen-bond acceptors (Lipinski definition) is 2. The van der Waals surface area contributed by atoms with Crippen molar-refractivity contribution in [3.05, 3.63) is 44.4 Å². The van der Waals surface area contributed by atoms with E-state index in [-0.39, 0.29) is 16.5 Å². The Morgan fingerprint density at radius 3 is 2.69 bits per heavy atom. The smallest absolute Gasteiger partial charge is 0.336 e. The minimum atomic E-state index is -1.27. The van der Waals surface area contributed by atoms with Crippen molar-refractivity contribution < 1.29 is 14.3 Å². The molecule has 16 heavy (non-hydrogen) atoms. The van der Waals surface area contributed by atoms with Crippen LogP contribution >= 0.6 is 15.9 Å². The number of carboxylic acids is 1. The quantitative estimate of drug-likeness (QED) is 0.843. The summed E-state index contributed by atoms with van der Waals surface area (Å²) in [5.41, 5.74) is -0.498. The van der Waals surface area contributed by atoms with E-state index < -0.39 is 17.3 Å². The van der Waals surface area contributed by atoms with Crippen molar-refractivity contribution in [1.82, 2.24) is 4.98 Å². The highest BCUT2D eigenvalue weighted by Gasteiger charge is 2.13. The number of aromatic amines is 1. The van der Waals surface area contributed by atoms with E-state index in [1.54, 1.807) is 0 Å². The molecule has 0 aliphatic carbocycles. The van der Waals surface area contributed by atoms with Crippen molar-refractivity contribution in [3.8, 4) is 0 Å². The molecule has 1 aromatic heterocycles. The maximum Gasteiger partial charge on any atom is 0.336 e. The SMILES string of the molecule is O=C(O)c1cc(=O)[nH]c2c(Br)cc(F)cc12. The molecule has 0 aliphatic rings. The monoisotopic (exact) mass is 285 g/mol. The van der Waals surface area contributed by atoms with Gasteiger partial charge in [-0.25, -0.2) is 9.18 Å². The largest absolute Gasteiger partial charge is 0.478 e. The number of hydrogen-bond donors (Lipinski definition) is 2. The Balaban J connectivity index is 3.01. The average molecular weight is 286 g/mol. The summed E-state index contributed by atoms with van der Waals surface area (Å²) in [6.45, 7) is 0. The van der Waals surface area contributed by atoms with Crippen molar-refractivity contribution in [3.63, 3.8) is 0 Å². The molecular formula is C10H5BrFNO3. The number of fused-ring (bicyclic) bond motifs is 1. The maximum absolute atomic E-state index is 13.1. The van der Waals surface area contributed by atoms with Crippen LogP contribution in [0.4, 0.5) is 4.39 Å². The van der Waals surface area contributed by atoms with Gasteiger partial charge in [-0.1, -0.05) is 0 Å². The van der Waals surface area contributed by atoms with Crippen LogP contribution in [-0.4, -0.2) is 16.1 Å². The third-order valence-electron chi connectivity index (χ3n) is 2.10. The van der Waals surface area contributed by atoms with Crippen LogP contribution in [-0.2, 0) is 0 Å². The molecule has 82 valence electrons. The lowest BCUT2D eigenvalue weighted by molar-refractivity contribution is 0.0699. The topological polar surface area (TPSA) is 70.2 Å². The highest BCUT2D eigenvalue weighted by Crippen LogP contribution is 2.24. The summed E-state index contributed by atoms with van der Waals surface area (Å²) in [5.74, 6) is -1.84. The van der Waals surface area contributed by atoms with Crippen molar-refractivity contribution >= 4 is 32.8 Å². The van der Waals surface area contributed by atoms with Crippen LogP contribution in [0, 0.1) is 5.82 Å². The minimum absolute atomic E-state index is 0.152. The molecule has 0 atom stereocenters. The Hall–Kier alpha value is -1.69. The number of carbonyl (C=O) groups is 1. The number of rotatable bonds is 1. The number of pyridine rings is 1. The van der Waals surface area contributed by atoms with Gasteiger partial charge >= 0.3 is 5.97 Å². The second-order valence-corrected chi connectivity index (χ2v) is 4.02. The average Bonchev–Trinajstić information content (AvgIpc) is 2.18. The van der Waals surface area contributed by atoms with Crippen LogP contribution in [0.1, 0.15) is 10.4 Å². The molecule has 0 aliphatic heterocycles. The van der Waals surface area contributed by atoms with Gasteiger partial charge in [-0.2, -0.15) is 0 Å². The first-order valence-corrected chi connectivity index (χ1v) is 5.03. The predicted molar refractivity (Wildman–Crippen MR) is 59.2 cm³/mol. The Bertz CT molecular complexity index is 650. The normalized spacial score (nSPS) is 10.6. The lowest BCUT2D eigenvalue weighted by Gasteiger charge is -2.04. The summed E-state index contributed by atoms with van der Waals surface area (Å²) in [6.07, 6.45) is 0. The number of halogens is 2. The third-order valence-corrected chi connectivity index (χ3v) is 2.72. The van der Waals surface area contributed by atoms with Crippen molar-refractivity contribution in [2.45, 2.75) is 0 Å². The Morgan fingerprint density at radius 1 is 1.38 bits per heavy atom. The molecule has 0 spiro atoms. The second-order valence-electron chi connectivity index (χ2n) is 3.16. The zero-order valence-electron chi connectivity index (χ0n) is 7.75. The van der Waals surface area contributed by atoms with Crippen molar-refractivity contribution in [2.24, 2.45) is 0 Å². The Labute approximate surface area is 96.8 Å². The predicted octanol–water partition coefficient (Wildman–Crippen LogP) is 2.13. The summed E-state index contributed by atoms with van der Waals surface area (Å²) in [6, 6.07) is 3.15. The molecule has 2 rings (SSSR count). The number of nitrogens with one attached hydrogen (secondary N) is 1. The first-order chi connectivity index (χ1) is 7.49. The molecule has 0 fully saturated rings. The van der Waals surface area contributed by atoms with Crippen LogP contribution in [0.2, 0.25) is 0 Å². The van der Waals surface area contributed by atoms with E-state index in [1.165, 1.54) is 0 Å². The van der Waals surface area contributed by atoms with Gasteiger partial charge in [-0.05, 0) is 28.1 Å². The van der Waals surface area contributed by atoms with Gasteiger partial charge in [-0.3, -0.25) is 4.79 Å². The lowest BCUT2D eigenvalue weighted by atomic mass is 10.1. The second kappa shape index (κ2) is 3.71. The van der Waals surface area contributed by atoms with E-state index >= 15 is 0 Å². The minimum Gasteiger partial charge on any atom is -0.478 e. The summed E-state index contributed by atoms with van der Waals surface area (Å²) in [7, 11) is 0. The molecule has 0 radical (unpaired) electrons. The molecule has 0 unspecified atom stereocenters. The zero-order valence-corrected chi connectivity index (χ0v) is 9.34. The molecule has 1 heterocycles. The van der Waals surface area contributed by atoms with Crippen LogP contribution in [0.3, 0.4) is 0 Å². The molecule has 2 N–H and O–H groups in total. The molecule has 6 heteroatoms. The van der Waals surface area contributed by atoms with Gasteiger partial charge in [0.25, 0.3) is 0 Å². The number of benzene rings is 1. The van der Waals surface area contributed by atoms with Crippen LogP contribution in [0.25, 0.3) is 10.9 Å². The molecular weight excluding hydrogens is 281 g/mol. The highest BCUT2D eigenvalue weighted by molar-refractivity contribution is 9.10. The maximum atomic E-state index is 13.1. The number of aromatic nitrogens is 1.